The van der Waals surface area contributed by atoms with Crippen molar-refractivity contribution in [1.29, 1.82) is 0 Å². The van der Waals surface area contributed by atoms with E-state index in [2.05, 4.69) is 24.7 Å². The van der Waals surface area contributed by atoms with Gasteiger partial charge in [0.05, 0.1) is 6.61 Å². The highest BCUT2D eigenvalue weighted by atomic mass is 19.3. The molecule has 0 aromatic carbocycles. The normalized spacial score (nSPS) is 11.9. The molecule has 3 heterocycles. The summed E-state index contributed by atoms with van der Waals surface area (Å²) >= 11 is 0. The van der Waals surface area contributed by atoms with E-state index in [1.807, 2.05) is 0 Å². The van der Waals surface area contributed by atoms with Crippen molar-refractivity contribution in [3.63, 3.8) is 0 Å². The maximum atomic E-state index is 14.0. The SMILES string of the molecule is CCOC(F)(F)c1nnc2ccc(-c3cnc(OCF)c(F)c3)cn12. The maximum Gasteiger partial charge on any atom is 0.418 e. The van der Waals surface area contributed by atoms with Gasteiger partial charge in [-0.05, 0) is 25.1 Å². The van der Waals surface area contributed by atoms with Gasteiger partial charge in [0.15, 0.2) is 11.5 Å². The fourth-order valence-electron chi connectivity index (χ4n) is 2.25. The van der Waals surface area contributed by atoms with Gasteiger partial charge in [0.25, 0.3) is 5.88 Å². The number of alkyl halides is 3. The number of aromatic nitrogens is 4. The third-order valence-corrected chi connectivity index (χ3v) is 3.32. The number of pyridine rings is 2. The number of hydrogen-bond donors (Lipinski definition) is 0. The molecule has 0 aliphatic heterocycles. The minimum atomic E-state index is -3.63. The Labute approximate surface area is 139 Å². The molecule has 25 heavy (non-hydrogen) atoms. The summed E-state index contributed by atoms with van der Waals surface area (Å²) in [6.45, 7) is -0.00334. The summed E-state index contributed by atoms with van der Waals surface area (Å²) in [5.74, 6) is -2.06. The number of rotatable bonds is 6. The molecule has 10 heteroatoms. The summed E-state index contributed by atoms with van der Waals surface area (Å²) in [7, 11) is 0. The maximum absolute atomic E-state index is 14.0. The van der Waals surface area contributed by atoms with Gasteiger partial charge < -0.3 is 9.47 Å². The first-order chi connectivity index (χ1) is 12.0. The van der Waals surface area contributed by atoms with Gasteiger partial charge in [-0.3, -0.25) is 4.40 Å². The molecular weight excluding hydrogens is 344 g/mol. The molecule has 0 saturated heterocycles. The molecule has 0 aliphatic rings. The predicted octanol–water partition coefficient (Wildman–Crippen LogP) is 3.32. The number of nitrogens with zero attached hydrogens (tertiary/aromatic N) is 4. The second-order valence-corrected chi connectivity index (χ2v) is 4.88. The monoisotopic (exact) mass is 356 g/mol. The van der Waals surface area contributed by atoms with Gasteiger partial charge in [-0.25, -0.2) is 13.8 Å². The molecule has 0 bridgehead atoms. The first-order valence-electron chi connectivity index (χ1n) is 7.18. The lowest BCUT2D eigenvalue weighted by Crippen LogP contribution is -2.21. The molecule has 0 atom stereocenters. The quantitative estimate of drug-likeness (QED) is 0.634. The van der Waals surface area contributed by atoms with E-state index in [0.717, 1.165) is 10.5 Å². The summed E-state index contributed by atoms with van der Waals surface area (Å²) in [6, 6.07) is 4.04. The summed E-state index contributed by atoms with van der Waals surface area (Å²) in [5, 5.41) is 7.12. The van der Waals surface area contributed by atoms with Crippen molar-refractivity contribution in [2.45, 2.75) is 13.0 Å². The minimum absolute atomic E-state index is 0.170. The number of ether oxygens (including phenoxy) is 2. The predicted molar refractivity (Wildman–Crippen MR) is 78.3 cm³/mol. The van der Waals surface area contributed by atoms with E-state index in [1.54, 1.807) is 6.07 Å². The molecule has 132 valence electrons. The van der Waals surface area contributed by atoms with Gasteiger partial charge in [0.2, 0.25) is 12.7 Å². The lowest BCUT2D eigenvalue weighted by molar-refractivity contribution is -0.251. The molecule has 0 amide bonds. The number of halogens is 4. The summed E-state index contributed by atoms with van der Waals surface area (Å²) in [6.07, 6.45) is -1.08. The van der Waals surface area contributed by atoms with Crippen molar-refractivity contribution in [3.8, 4) is 17.0 Å². The van der Waals surface area contributed by atoms with E-state index in [0.29, 0.717) is 5.56 Å². The highest BCUT2D eigenvalue weighted by molar-refractivity contribution is 5.64. The molecule has 0 unspecified atom stereocenters. The van der Waals surface area contributed by atoms with Gasteiger partial charge in [-0.1, -0.05) is 0 Å². The first-order valence-corrected chi connectivity index (χ1v) is 7.18. The van der Waals surface area contributed by atoms with Crippen molar-refractivity contribution in [1.82, 2.24) is 19.6 Å². The average molecular weight is 356 g/mol. The summed E-state index contributed by atoms with van der Waals surface area (Å²) in [5.41, 5.74) is 0.827. The van der Waals surface area contributed by atoms with Crippen LogP contribution in [-0.4, -0.2) is 33.0 Å². The zero-order chi connectivity index (χ0) is 18.0. The smallest absolute Gasteiger partial charge is 0.418 e. The third-order valence-electron chi connectivity index (χ3n) is 3.32. The molecule has 0 aliphatic carbocycles. The van der Waals surface area contributed by atoms with E-state index in [1.165, 1.54) is 25.4 Å². The Morgan fingerprint density at radius 3 is 2.68 bits per heavy atom. The Morgan fingerprint density at radius 1 is 1.20 bits per heavy atom. The summed E-state index contributed by atoms with van der Waals surface area (Å²) in [4.78, 5) is 3.66. The van der Waals surface area contributed by atoms with E-state index >= 15 is 0 Å². The van der Waals surface area contributed by atoms with Crippen molar-refractivity contribution in [2.75, 3.05) is 13.5 Å². The molecule has 6 nitrogen and oxygen atoms in total. The largest absolute Gasteiger partial charge is 0.444 e. The topological polar surface area (TPSA) is 61.5 Å². The van der Waals surface area contributed by atoms with Gasteiger partial charge in [0, 0.05) is 23.5 Å². The van der Waals surface area contributed by atoms with E-state index in [4.69, 9.17) is 0 Å². The molecule has 3 aromatic rings. The van der Waals surface area contributed by atoms with Crippen molar-refractivity contribution >= 4 is 5.65 Å². The van der Waals surface area contributed by atoms with Crippen LogP contribution in [0.1, 0.15) is 12.7 Å². The van der Waals surface area contributed by atoms with Crippen LogP contribution in [0.25, 0.3) is 16.8 Å². The van der Waals surface area contributed by atoms with Gasteiger partial charge in [-0.15, -0.1) is 10.2 Å². The van der Waals surface area contributed by atoms with Crippen LogP contribution in [-0.2, 0) is 10.8 Å². The van der Waals surface area contributed by atoms with Crippen molar-refractivity contribution in [3.05, 3.63) is 42.2 Å². The van der Waals surface area contributed by atoms with Crippen molar-refractivity contribution in [2.24, 2.45) is 0 Å². The second-order valence-electron chi connectivity index (χ2n) is 4.88. The van der Waals surface area contributed by atoms with E-state index < -0.39 is 30.5 Å². The Kier molecular flexibility index (Phi) is 4.53. The first kappa shape index (κ1) is 17.1. The lowest BCUT2D eigenvalue weighted by atomic mass is 10.1. The van der Waals surface area contributed by atoms with Crippen LogP contribution in [0.3, 0.4) is 0 Å². The Hall–Kier alpha value is -2.75. The minimum Gasteiger partial charge on any atom is -0.444 e. The second kappa shape index (κ2) is 6.63. The Bertz CT molecular complexity index is 900. The zero-order valence-corrected chi connectivity index (χ0v) is 12.9. The van der Waals surface area contributed by atoms with Crippen LogP contribution in [0.5, 0.6) is 5.88 Å². The van der Waals surface area contributed by atoms with Crippen LogP contribution in [0.4, 0.5) is 17.6 Å². The van der Waals surface area contributed by atoms with Crippen molar-refractivity contribution < 1.29 is 27.0 Å². The molecule has 0 radical (unpaired) electrons. The molecule has 0 saturated carbocycles. The zero-order valence-electron chi connectivity index (χ0n) is 12.9. The van der Waals surface area contributed by atoms with Crippen LogP contribution < -0.4 is 4.74 Å². The molecular formula is C15H12F4N4O2. The molecule has 0 spiro atoms. The van der Waals surface area contributed by atoms with E-state index in [9.17, 15) is 17.6 Å². The van der Waals surface area contributed by atoms with E-state index in [-0.39, 0.29) is 17.8 Å². The molecule has 0 fully saturated rings. The fourth-order valence-corrected chi connectivity index (χ4v) is 2.25. The van der Waals surface area contributed by atoms with Crippen LogP contribution in [0.15, 0.2) is 30.6 Å². The highest BCUT2D eigenvalue weighted by Gasteiger charge is 2.38. The number of hydrogen-bond acceptors (Lipinski definition) is 5. The van der Waals surface area contributed by atoms with Crippen LogP contribution in [0.2, 0.25) is 0 Å². The Balaban J connectivity index is 2.05. The standard InChI is InChI=1S/C15H12F4N4O2/c1-2-25-15(18,19)14-22-21-12-4-3-9(7-23(12)14)10-5-11(17)13(20-6-10)24-8-16/h3-7H,2,8H2,1H3. The fraction of sp³-hybridized carbons (Fsp3) is 0.267. The number of fused-ring (bicyclic) bond motifs is 1. The van der Waals surface area contributed by atoms with Gasteiger partial charge in [-0.2, -0.15) is 8.78 Å². The van der Waals surface area contributed by atoms with Crippen LogP contribution >= 0.6 is 0 Å². The third kappa shape index (κ3) is 3.25. The lowest BCUT2D eigenvalue weighted by Gasteiger charge is -2.14. The van der Waals surface area contributed by atoms with Crippen LogP contribution in [0, 0.1) is 5.82 Å². The average Bonchev–Trinajstić information content (AvgIpc) is 3.01. The highest BCUT2D eigenvalue weighted by Crippen LogP contribution is 2.30. The molecule has 3 rings (SSSR count). The molecule has 0 N–H and O–H groups in total. The van der Waals surface area contributed by atoms with Gasteiger partial charge in [0.1, 0.15) is 0 Å². The Morgan fingerprint density at radius 2 is 2.00 bits per heavy atom. The molecule has 3 aromatic heterocycles. The van der Waals surface area contributed by atoms with Gasteiger partial charge >= 0.3 is 6.11 Å². The summed E-state index contributed by atoms with van der Waals surface area (Å²) < 4.78 is 63.7.